The van der Waals surface area contributed by atoms with Gasteiger partial charge in [0.15, 0.2) is 0 Å². The van der Waals surface area contributed by atoms with Gasteiger partial charge in [-0.2, -0.15) is 0 Å². The molecule has 1 unspecified atom stereocenters. The summed E-state index contributed by atoms with van der Waals surface area (Å²) in [5.41, 5.74) is 0. The molecular weight excluding hydrogens is 286 g/mol. The van der Waals surface area contributed by atoms with Crippen LogP contribution in [0.25, 0.3) is 0 Å². The van der Waals surface area contributed by atoms with E-state index in [-0.39, 0.29) is 12.4 Å². The Bertz CT molecular complexity index is 306. The average Bonchev–Trinajstić information content (AvgIpc) is 2.45. The molecular formula is C16H32ClN3O. The number of carbonyl (C=O) groups excluding carboxylic acids is 1. The van der Waals surface area contributed by atoms with Gasteiger partial charge in [-0.1, -0.05) is 13.8 Å². The van der Waals surface area contributed by atoms with Gasteiger partial charge < -0.3 is 15.1 Å². The van der Waals surface area contributed by atoms with Gasteiger partial charge in [0.05, 0.1) is 0 Å². The van der Waals surface area contributed by atoms with E-state index in [2.05, 4.69) is 24.1 Å². The molecule has 0 saturated carbocycles. The van der Waals surface area contributed by atoms with Gasteiger partial charge in [0.25, 0.3) is 0 Å². The summed E-state index contributed by atoms with van der Waals surface area (Å²) in [6.45, 7) is 11.6. The lowest BCUT2D eigenvalue weighted by Crippen LogP contribution is -2.47. The Morgan fingerprint density at radius 2 is 1.95 bits per heavy atom. The van der Waals surface area contributed by atoms with Crippen molar-refractivity contribution in [2.75, 3.05) is 45.8 Å². The van der Waals surface area contributed by atoms with Gasteiger partial charge in [-0.15, -0.1) is 12.4 Å². The van der Waals surface area contributed by atoms with Crippen molar-refractivity contribution < 1.29 is 4.79 Å². The second-order valence-corrected chi connectivity index (χ2v) is 6.82. The number of nitrogens with zero attached hydrogens (tertiary/aromatic N) is 2. The van der Waals surface area contributed by atoms with Crippen molar-refractivity contribution in [3.05, 3.63) is 0 Å². The number of piperidine rings is 1. The maximum atomic E-state index is 12.2. The van der Waals surface area contributed by atoms with E-state index in [1.54, 1.807) is 0 Å². The number of piperazine rings is 1. The topological polar surface area (TPSA) is 35.6 Å². The fraction of sp³-hybridized carbons (Fsp3) is 0.938. The Balaban J connectivity index is 0.00000220. The van der Waals surface area contributed by atoms with Crippen LogP contribution >= 0.6 is 12.4 Å². The maximum absolute atomic E-state index is 12.2. The van der Waals surface area contributed by atoms with Crippen LogP contribution in [-0.2, 0) is 4.79 Å². The third kappa shape index (κ3) is 6.54. The Labute approximate surface area is 136 Å². The summed E-state index contributed by atoms with van der Waals surface area (Å²) in [5, 5.41) is 3.29. The van der Waals surface area contributed by atoms with Crippen LogP contribution in [0.2, 0.25) is 0 Å². The van der Waals surface area contributed by atoms with Crippen LogP contribution in [0.15, 0.2) is 0 Å². The Morgan fingerprint density at radius 3 is 2.62 bits per heavy atom. The summed E-state index contributed by atoms with van der Waals surface area (Å²) in [4.78, 5) is 16.7. The summed E-state index contributed by atoms with van der Waals surface area (Å²) in [6.07, 6.45) is 4.72. The van der Waals surface area contributed by atoms with E-state index in [4.69, 9.17) is 0 Å². The Kier molecular flexibility index (Phi) is 8.60. The van der Waals surface area contributed by atoms with E-state index in [0.29, 0.717) is 12.3 Å². The molecule has 1 N–H and O–H groups in total. The first-order chi connectivity index (χ1) is 9.65. The number of carbonyl (C=O) groups is 1. The molecule has 0 radical (unpaired) electrons. The van der Waals surface area contributed by atoms with Crippen molar-refractivity contribution in [1.29, 1.82) is 0 Å². The first-order valence-corrected chi connectivity index (χ1v) is 8.36. The van der Waals surface area contributed by atoms with Crippen LogP contribution in [0, 0.1) is 11.8 Å². The molecule has 2 aliphatic heterocycles. The molecule has 5 heteroatoms. The molecule has 4 nitrogen and oxygen atoms in total. The quantitative estimate of drug-likeness (QED) is 0.842. The molecule has 0 aliphatic carbocycles. The summed E-state index contributed by atoms with van der Waals surface area (Å²) < 4.78 is 0. The van der Waals surface area contributed by atoms with E-state index in [1.807, 2.05) is 4.90 Å². The zero-order valence-corrected chi connectivity index (χ0v) is 14.5. The van der Waals surface area contributed by atoms with Gasteiger partial charge in [-0.05, 0) is 37.6 Å². The monoisotopic (exact) mass is 317 g/mol. The summed E-state index contributed by atoms with van der Waals surface area (Å²) in [7, 11) is 0. The molecule has 0 aromatic heterocycles. The number of hydrogen-bond acceptors (Lipinski definition) is 3. The number of amides is 1. The minimum absolute atomic E-state index is 0. The lowest BCUT2D eigenvalue weighted by atomic mass is 9.90. The minimum atomic E-state index is 0. The van der Waals surface area contributed by atoms with Gasteiger partial charge >= 0.3 is 0 Å². The summed E-state index contributed by atoms with van der Waals surface area (Å²) in [5.74, 6) is 1.98. The highest BCUT2D eigenvalue weighted by Gasteiger charge is 2.22. The van der Waals surface area contributed by atoms with E-state index in [0.717, 1.165) is 44.6 Å². The second kappa shape index (κ2) is 9.65. The lowest BCUT2D eigenvalue weighted by molar-refractivity contribution is -0.132. The summed E-state index contributed by atoms with van der Waals surface area (Å²) >= 11 is 0. The third-order valence-electron chi connectivity index (χ3n) is 4.52. The van der Waals surface area contributed by atoms with E-state index < -0.39 is 0 Å². The van der Waals surface area contributed by atoms with Gasteiger partial charge in [0.2, 0.25) is 5.91 Å². The predicted octanol–water partition coefficient (Wildman–Crippen LogP) is 1.99. The van der Waals surface area contributed by atoms with Crippen LogP contribution in [0.3, 0.4) is 0 Å². The molecule has 0 aromatic carbocycles. The molecule has 0 aromatic rings. The van der Waals surface area contributed by atoms with Crippen molar-refractivity contribution >= 4 is 18.3 Å². The maximum Gasteiger partial charge on any atom is 0.223 e. The molecule has 2 rings (SSSR count). The smallest absolute Gasteiger partial charge is 0.223 e. The molecule has 0 bridgehead atoms. The molecule has 1 atom stereocenters. The van der Waals surface area contributed by atoms with Crippen LogP contribution in [0.4, 0.5) is 0 Å². The molecule has 2 saturated heterocycles. The zero-order valence-electron chi connectivity index (χ0n) is 13.6. The van der Waals surface area contributed by atoms with Gasteiger partial charge in [-0.3, -0.25) is 4.79 Å². The molecule has 2 aliphatic rings. The molecule has 2 heterocycles. The molecule has 124 valence electrons. The molecule has 2 fully saturated rings. The predicted molar refractivity (Wildman–Crippen MR) is 89.9 cm³/mol. The van der Waals surface area contributed by atoms with Crippen molar-refractivity contribution in [2.24, 2.45) is 11.8 Å². The summed E-state index contributed by atoms with van der Waals surface area (Å²) in [6, 6.07) is 0. The number of rotatable bonds is 5. The standard InChI is InChI=1S/C16H31N3O.ClH/c1-14(2)12-15-4-3-8-18(13-15)9-5-16(20)19-10-6-17-7-11-19;/h14-15,17H,3-13H2,1-2H3;1H. The number of halogens is 1. The number of likely N-dealkylation sites (tertiary alicyclic amines) is 1. The zero-order chi connectivity index (χ0) is 14.4. The molecule has 1 amide bonds. The van der Waals surface area contributed by atoms with Gasteiger partial charge in [0, 0.05) is 45.7 Å². The van der Waals surface area contributed by atoms with Gasteiger partial charge in [-0.25, -0.2) is 0 Å². The highest BCUT2D eigenvalue weighted by Crippen LogP contribution is 2.23. The fourth-order valence-corrected chi connectivity index (χ4v) is 3.54. The van der Waals surface area contributed by atoms with Crippen LogP contribution < -0.4 is 5.32 Å². The highest BCUT2D eigenvalue weighted by atomic mass is 35.5. The molecule has 0 spiro atoms. The second-order valence-electron chi connectivity index (χ2n) is 6.82. The van der Waals surface area contributed by atoms with Crippen LogP contribution in [0.5, 0.6) is 0 Å². The highest BCUT2D eigenvalue weighted by molar-refractivity contribution is 5.85. The van der Waals surface area contributed by atoms with E-state index in [1.165, 1.54) is 32.4 Å². The fourth-order valence-electron chi connectivity index (χ4n) is 3.54. The molecule has 21 heavy (non-hydrogen) atoms. The minimum Gasteiger partial charge on any atom is -0.340 e. The van der Waals surface area contributed by atoms with E-state index in [9.17, 15) is 4.79 Å². The SMILES string of the molecule is CC(C)CC1CCCN(CCC(=O)N2CCNCC2)C1.Cl. The first kappa shape index (κ1) is 18.7. The van der Waals surface area contributed by atoms with E-state index >= 15 is 0 Å². The van der Waals surface area contributed by atoms with Crippen LogP contribution in [-0.4, -0.2) is 61.5 Å². The van der Waals surface area contributed by atoms with Crippen LogP contribution in [0.1, 0.15) is 39.5 Å². The van der Waals surface area contributed by atoms with Crippen molar-refractivity contribution in [1.82, 2.24) is 15.1 Å². The average molecular weight is 318 g/mol. The van der Waals surface area contributed by atoms with Crippen molar-refractivity contribution in [3.8, 4) is 0 Å². The largest absolute Gasteiger partial charge is 0.340 e. The van der Waals surface area contributed by atoms with Gasteiger partial charge in [0.1, 0.15) is 0 Å². The third-order valence-corrected chi connectivity index (χ3v) is 4.52. The lowest BCUT2D eigenvalue weighted by Gasteiger charge is -2.34. The Morgan fingerprint density at radius 1 is 1.24 bits per heavy atom. The number of nitrogens with one attached hydrogen (secondary N) is 1. The normalized spacial score (nSPS) is 24.0. The Hall–Kier alpha value is -0.320. The number of hydrogen-bond donors (Lipinski definition) is 1. The van der Waals surface area contributed by atoms with Crippen molar-refractivity contribution in [2.45, 2.75) is 39.5 Å². The van der Waals surface area contributed by atoms with Crippen molar-refractivity contribution in [3.63, 3.8) is 0 Å². The first-order valence-electron chi connectivity index (χ1n) is 8.36.